The van der Waals surface area contributed by atoms with Crippen LogP contribution in [-0.4, -0.2) is 36.1 Å². The molecule has 1 saturated carbocycles. The van der Waals surface area contributed by atoms with Crippen LogP contribution in [0, 0.1) is 18.3 Å². The number of hydrogen-bond acceptors (Lipinski definition) is 2. The highest BCUT2D eigenvalue weighted by atomic mass is 15.2. The van der Waals surface area contributed by atoms with E-state index >= 15 is 0 Å². The van der Waals surface area contributed by atoms with E-state index < -0.39 is 0 Å². The van der Waals surface area contributed by atoms with Crippen LogP contribution in [0.15, 0.2) is 0 Å². The summed E-state index contributed by atoms with van der Waals surface area (Å²) in [5, 5.41) is 3.66. The van der Waals surface area contributed by atoms with Crippen molar-refractivity contribution in [3.63, 3.8) is 0 Å². The zero-order valence-corrected chi connectivity index (χ0v) is 9.92. The number of hydrogen-bond donors (Lipinski definition) is 1. The predicted octanol–water partition coefficient (Wildman–Crippen LogP) is 1.47. The third kappa shape index (κ3) is 2.53. The predicted molar refractivity (Wildman–Crippen MR) is 63.6 cm³/mol. The van der Waals surface area contributed by atoms with Crippen molar-refractivity contribution < 1.29 is 0 Å². The van der Waals surface area contributed by atoms with E-state index in [2.05, 4.69) is 30.0 Å². The number of terminal acetylenes is 1. The fourth-order valence-electron chi connectivity index (χ4n) is 2.36. The number of rotatable bonds is 2. The molecule has 1 N–H and O–H groups in total. The van der Waals surface area contributed by atoms with E-state index in [1.54, 1.807) is 0 Å². The highest BCUT2D eigenvalue weighted by Crippen LogP contribution is 2.34. The van der Waals surface area contributed by atoms with Crippen LogP contribution in [0.4, 0.5) is 0 Å². The second-order valence-electron chi connectivity index (χ2n) is 5.40. The molecule has 2 heteroatoms. The van der Waals surface area contributed by atoms with Gasteiger partial charge in [0.15, 0.2) is 0 Å². The smallest absolute Gasteiger partial charge is 0.0766 e. The van der Waals surface area contributed by atoms with Gasteiger partial charge >= 0.3 is 0 Å². The van der Waals surface area contributed by atoms with E-state index in [4.69, 9.17) is 6.42 Å². The molecule has 0 aromatic rings. The SMILES string of the molecule is C#CC(C)(C)N1CCCNC(C2CC2)C1. The molecule has 1 unspecified atom stereocenters. The summed E-state index contributed by atoms with van der Waals surface area (Å²) in [6.07, 6.45) is 9.64. The molecule has 0 radical (unpaired) electrons. The van der Waals surface area contributed by atoms with Gasteiger partial charge in [-0.05, 0) is 45.6 Å². The molecule has 2 rings (SSSR count). The molecule has 84 valence electrons. The van der Waals surface area contributed by atoms with E-state index in [1.807, 2.05) is 0 Å². The molecular formula is C13H22N2. The molecule has 2 nitrogen and oxygen atoms in total. The third-order valence-corrected chi connectivity index (χ3v) is 3.76. The van der Waals surface area contributed by atoms with Crippen molar-refractivity contribution in [2.24, 2.45) is 5.92 Å². The Morgan fingerprint density at radius 2 is 2.13 bits per heavy atom. The van der Waals surface area contributed by atoms with Crippen LogP contribution < -0.4 is 5.32 Å². The van der Waals surface area contributed by atoms with Gasteiger partial charge in [-0.15, -0.1) is 6.42 Å². The highest BCUT2D eigenvalue weighted by molar-refractivity contribution is 5.09. The van der Waals surface area contributed by atoms with Crippen LogP contribution in [0.25, 0.3) is 0 Å². The summed E-state index contributed by atoms with van der Waals surface area (Å²) < 4.78 is 0. The molecule has 1 aliphatic heterocycles. The van der Waals surface area contributed by atoms with Gasteiger partial charge in [-0.1, -0.05) is 5.92 Å². The van der Waals surface area contributed by atoms with Gasteiger partial charge in [-0.25, -0.2) is 0 Å². The summed E-state index contributed by atoms with van der Waals surface area (Å²) >= 11 is 0. The summed E-state index contributed by atoms with van der Waals surface area (Å²) in [5.74, 6) is 3.83. The summed E-state index contributed by atoms with van der Waals surface area (Å²) in [4.78, 5) is 2.47. The molecule has 2 aliphatic rings. The van der Waals surface area contributed by atoms with Gasteiger partial charge in [-0.2, -0.15) is 0 Å². The first kappa shape index (κ1) is 11.0. The lowest BCUT2D eigenvalue weighted by molar-refractivity contribution is 0.162. The van der Waals surface area contributed by atoms with Gasteiger partial charge in [-0.3, -0.25) is 4.90 Å². The Hall–Kier alpha value is -0.520. The standard InChI is InChI=1S/C13H22N2/c1-4-13(2,3)15-9-5-8-14-12(10-15)11-6-7-11/h1,11-12,14H,5-10H2,2-3H3. The number of nitrogens with one attached hydrogen (secondary N) is 1. The van der Waals surface area contributed by atoms with E-state index in [0.29, 0.717) is 6.04 Å². The van der Waals surface area contributed by atoms with E-state index in [1.165, 1.54) is 19.3 Å². The molecule has 0 aromatic carbocycles. The topological polar surface area (TPSA) is 15.3 Å². The average molecular weight is 206 g/mol. The first-order valence-corrected chi connectivity index (χ1v) is 6.10. The zero-order chi connectivity index (χ0) is 10.9. The fourth-order valence-corrected chi connectivity index (χ4v) is 2.36. The van der Waals surface area contributed by atoms with Gasteiger partial charge in [0.25, 0.3) is 0 Å². The Bertz CT molecular complexity index is 260. The molecule has 1 atom stereocenters. The molecule has 1 aliphatic carbocycles. The van der Waals surface area contributed by atoms with Crippen LogP contribution in [0.3, 0.4) is 0 Å². The van der Waals surface area contributed by atoms with Crippen molar-refractivity contribution in [1.82, 2.24) is 10.2 Å². The quantitative estimate of drug-likeness (QED) is 0.688. The Balaban J connectivity index is 2.01. The fraction of sp³-hybridized carbons (Fsp3) is 0.846. The molecule has 0 bridgehead atoms. The van der Waals surface area contributed by atoms with E-state index in [9.17, 15) is 0 Å². The monoisotopic (exact) mass is 206 g/mol. The third-order valence-electron chi connectivity index (χ3n) is 3.76. The summed E-state index contributed by atoms with van der Waals surface area (Å²) in [7, 11) is 0. The maximum Gasteiger partial charge on any atom is 0.0766 e. The van der Waals surface area contributed by atoms with Gasteiger partial charge < -0.3 is 5.32 Å². The summed E-state index contributed by atoms with van der Waals surface area (Å²) in [6, 6.07) is 0.681. The zero-order valence-electron chi connectivity index (χ0n) is 9.92. The molecule has 2 fully saturated rings. The van der Waals surface area contributed by atoms with Crippen molar-refractivity contribution in [3.05, 3.63) is 0 Å². The first-order chi connectivity index (χ1) is 7.13. The molecule has 15 heavy (non-hydrogen) atoms. The van der Waals surface area contributed by atoms with Crippen LogP contribution in [0.1, 0.15) is 33.1 Å². The van der Waals surface area contributed by atoms with Crippen molar-refractivity contribution in [1.29, 1.82) is 0 Å². The minimum atomic E-state index is -0.0842. The number of nitrogens with zero attached hydrogens (tertiary/aromatic N) is 1. The normalized spacial score (nSPS) is 29.5. The van der Waals surface area contributed by atoms with Gasteiger partial charge in [0.05, 0.1) is 5.54 Å². The molecule has 0 spiro atoms. The summed E-state index contributed by atoms with van der Waals surface area (Å²) in [5.41, 5.74) is -0.0842. The van der Waals surface area contributed by atoms with Crippen LogP contribution in [-0.2, 0) is 0 Å². The lowest BCUT2D eigenvalue weighted by Crippen LogP contribution is -2.48. The van der Waals surface area contributed by atoms with Crippen LogP contribution in [0.2, 0.25) is 0 Å². The molecule has 0 amide bonds. The van der Waals surface area contributed by atoms with E-state index in [0.717, 1.165) is 25.6 Å². The Labute approximate surface area is 93.4 Å². The maximum absolute atomic E-state index is 5.61. The maximum atomic E-state index is 5.61. The lowest BCUT2D eigenvalue weighted by atomic mass is 10.0. The van der Waals surface area contributed by atoms with Gasteiger partial charge in [0, 0.05) is 19.1 Å². The minimum Gasteiger partial charge on any atom is -0.312 e. The second-order valence-corrected chi connectivity index (χ2v) is 5.40. The van der Waals surface area contributed by atoms with Crippen molar-refractivity contribution in [2.45, 2.75) is 44.7 Å². The van der Waals surface area contributed by atoms with Gasteiger partial charge in [0.1, 0.15) is 0 Å². The average Bonchev–Trinajstić information content (AvgIpc) is 3.03. The lowest BCUT2D eigenvalue weighted by Gasteiger charge is -2.35. The first-order valence-electron chi connectivity index (χ1n) is 6.10. The highest BCUT2D eigenvalue weighted by Gasteiger charge is 2.36. The molecule has 1 saturated heterocycles. The Morgan fingerprint density at radius 3 is 2.73 bits per heavy atom. The molecule has 1 heterocycles. The Kier molecular flexibility index (Phi) is 3.04. The molecular weight excluding hydrogens is 184 g/mol. The summed E-state index contributed by atoms with van der Waals surface area (Å²) in [6.45, 7) is 7.72. The van der Waals surface area contributed by atoms with E-state index in [-0.39, 0.29) is 5.54 Å². The second kappa shape index (κ2) is 4.15. The van der Waals surface area contributed by atoms with Crippen LogP contribution >= 0.6 is 0 Å². The van der Waals surface area contributed by atoms with Gasteiger partial charge in [0.2, 0.25) is 0 Å². The Morgan fingerprint density at radius 1 is 1.40 bits per heavy atom. The minimum absolute atomic E-state index is 0.0842. The van der Waals surface area contributed by atoms with Crippen molar-refractivity contribution in [3.8, 4) is 12.3 Å². The largest absolute Gasteiger partial charge is 0.312 e. The van der Waals surface area contributed by atoms with Crippen molar-refractivity contribution >= 4 is 0 Å². The van der Waals surface area contributed by atoms with Crippen LogP contribution in [0.5, 0.6) is 0 Å². The van der Waals surface area contributed by atoms with Crippen molar-refractivity contribution in [2.75, 3.05) is 19.6 Å². The molecule has 0 aromatic heterocycles.